The maximum absolute atomic E-state index is 10.8. The summed E-state index contributed by atoms with van der Waals surface area (Å²) in [5.41, 5.74) is -0.517. The van der Waals surface area contributed by atoms with Crippen molar-refractivity contribution in [3.8, 4) is 0 Å². The number of allylic oxidation sites excluding steroid dienone is 1. The minimum atomic E-state index is -0.517. The lowest BCUT2D eigenvalue weighted by molar-refractivity contribution is -0.116. The quantitative estimate of drug-likeness (QED) is 0.534. The number of hydrogen-bond donors (Lipinski definition) is 0. The Bertz CT molecular complexity index is 193. The predicted octanol–water partition coefficient (Wildman–Crippen LogP) is 1.09. The number of carbonyl (C=O) groups excluding carboxylic acids is 1. The highest BCUT2D eigenvalue weighted by atomic mass is 16.5. The van der Waals surface area contributed by atoms with Crippen LogP contribution in [0.25, 0.3) is 0 Å². The van der Waals surface area contributed by atoms with Crippen molar-refractivity contribution in [1.29, 1.82) is 0 Å². The molecule has 0 spiro atoms. The molecule has 0 bridgehead atoms. The summed E-state index contributed by atoms with van der Waals surface area (Å²) in [6.07, 6.45) is 5.31. The molecule has 0 aromatic carbocycles. The second-order valence-corrected chi connectivity index (χ2v) is 2.34. The molecular weight excluding hydrogens is 128 g/mol. The van der Waals surface area contributed by atoms with Crippen molar-refractivity contribution in [2.24, 2.45) is 0 Å². The van der Waals surface area contributed by atoms with Crippen LogP contribution in [0.1, 0.15) is 6.42 Å². The third-order valence-electron chi connectivity index (χ3n) is 1.73. The van der Waals surface area contributed by atoms with Crippen molar-refractivity contribution >= 4 is 5.78 Å². The van der Waals surface area contributed by atoms with E-state index in [1.807, 2.05) is 0 Å². The van der Waals surface area contributed by atoms with Gasteiger partial charge in [-0.3, -0.25) is 4.79 Å². The van der Waals surface area contributed by atoms with Crippen molar-refractivity contribution in [3.63, 3.8) is 0 Å². The number of methoxy groups -OCH3 is 1. The SMILES string of the molecule is C=CC1(OC)C=CC(=O)C1. The van der Waals surface area contributed by atoms with Gasteiger partial charge in [0.1, 0.15) is 5.60 Å². The summed E-state index contributed by atoms with van der Waals surface area (Å²) in [4.78, 5) is 10.8. The van der Waals surface area contributed by atoms with Crippen LogP contribution in [0.3, 0.4) is 0 Å². The lowest BCUT2D eigenvalue weighted by Gasteiger charge is -2.19. The van der Waals surface area contributed by atoms with Crippen LogP contribution in [0.15, 0.2) is 24.8 Å². The fraction of sp³-hybridized carbons (Fsp3) is 0.375. The minimum absolute atomic E-state index is 0.0988. The predicted molar refractivity (Wildman–Crippen MR) is 38.7 cm³/mol. The molecule has 0 heterocycles. The number of ketones is 1. The summed E-state index contributed by atoms with van der Waals surface area (Å²) in [5, 5.41) is 0. The van der Waals surface area contributed by atoms with E-state index in [2.05, 4.69) is 6.58 Å². The summed E-state index contributed by atoms with van der Waals surface area (Å²) in [5.74, 6) is 0.0988. The molecule has 0 aromatic heterocycles. The molecule has 54 valence electrons. The van der Waals surface area contributed by atoms with Crippen molar-refractivity contribution in [2.75, 3.05) is 7.11 Å². The van der Waals surface area contributed by atoms with Crippen LogP contribution in [-0.4, -0.2) is 18.5 Å². The standard InChI is InChI=1S/C8H10O2/c1-3-8(10-2)5-4-7(9)6-8/h3-5H,1,6H2,2H3. The first-order valence-corrected chi connectivity index (χ1v) is 3.13. The monoisotopic (exact) mass is 138 g/mol. The van der Waals surface area contributed by atoms with Crippen LogP contribution in [0.4, 0.5) is 0 Å². The third-order valence-corrected chi connectivity index (χ3v) is 1.73. The summed E-state index contributed by atoms with van der Waals surface area (Å²) in [7, 11) is 1.57. The Morgan fingerprint density at radius 1 is 1.90 bits per heavy atom. The molecule has 0 fully saturated rings. The van der Waals surface area contributed by atoms with Crippen LogP contribution in [0.2, 0.25) is 0 Å². The molecule has 0 radical (unpaired) electrons. The van der Waals surface area contributed by atoms with Crippen LogP contribution in [0, 0.1) is 0 Å². The summed E-state index contributed by atoms with van der Waals surface area (Å²) >= 11 is 0. The van der Waals surface area contributed by atoms with Crippen molar-refractivity contribution in [2.45, 2.75) is 12.0 Å². The third kappa shape index (κ3) is 1.02. The number of hydrogen-bond acceptors (Lipinski definition) is 2. The lowest BCUT2D eigenvalue weighted by atomic mass is 10.0. The highest BCUT2D eigenvalue weighted by Crippen LogP contribution is 2.24. The summed E-state index contributed by atoms with van der Waals surface area (Å²) in [6, 6.07) is 0. The van der Waals surface area contributed by atoms with Crippen molar-refractivity contribution in [3.05, 3.63) is 24.8 Å². The molecule has 1 aliphatic rings. The Labute approximate surface area is 60.2 Å². The fourth-order valence-electron chi connectivity index (χ4n) is 0.988. The van der Waals surface area contributed by atoms with Gasteiger partial charge in [0.15, 0.2) is 5.78 Å². The van der Waals surface area contributed by atoms with Gasteiger partial charge in [0.05, 0.1) is 0 Å². The van der Waals surface area contributed by atoms with Gasteiger partial charge in [-0.05, 0) is 12.2 Å². The first kappa shape index (κ1) is 7.22. The molecule has 2 nitrogen and oxygen atoms in total. The summed E-state index contributed by atoms with van der Waals surface area (Å²) in [6.45, 7) is 3.59. The van der Waals surface area contributed by atoms with Crippen LogP contribution < -0.4 is 0 Å². The van der Waals surface area contributed by atoms with Gasteiger partial charge < -0.3 is 4.74 Å². The van der Waals surface area contributed by atoms with E-state index in [9.17, 15) is 4.79 Å². The van der Waals surface area contributed by atoms with Crippen molar-refractivity contribution in [1.82, 2.24) is 0 Å². The molecule has 0 saturated carbocycles. The highest BCUT2D eigenvalue weighted by Gasteiger charge is 2.30. The van der Waals surface area contributed by atoms with Gasteiger partial charge in [0, 0.05) is 13.5 Å². The number of rotatable bonds is 2. The van der Waals surface area contributed by atoms with Gasteiger partial charge in [-0.2, -0.15) is 0 Å². The first-order chi connectivity index (χ1) is 4.72. The normalized spacial score (nSPS) is 31.1. The van der Waals surface area contributed by atoms with Crippen LogP contribution in [0.5, 0.6) is 0 Å². The molecule has 1 atom stereocenters. The minimum Gasteiger partial charge on any atom is -0.370 e. The smallest absolute Gasteiger partial charge is 0.159 e. The lowest BCUT2D eigenvalue weighted by Crippen LogP contribution is -2.23. The first-order valence-electron chi connectivity index (χ1n) is 3.13. The zero-order valence-electron chi connectivity index (χ0n) is 5.96. The van der Waals surface area contributed by atoms with E-state index in [1.165, 1.54) is 6.08 Å². The molecule has 10 heavy (non-hydrogen) atoms. The van der Waals surface area contributed by atoms with Crippen LogP contribution in [-0.2, 0) is 9.53 Å². The molecule has 0 aromatic rings. The van der Waals surface area contributed by atoms with Gasteiger partial charge in [-0.15, -0.1) is 0 Å². The number of ether oxygens (including phenoxy) is 1. The number of carbonyl (C=O) groups is 1. The van der Waals surface area contributed by atoms with Gasteiger partial charge in [-0.1, -0.05) is 12.7 Å². The van der Waals surface area contributed by atoms with E-state index in [1.54, 1.807) is 19.3 Å². The zero-order chi connectivity index (χ0) is 7.61. The molecule has 1 rings (SSSR count). The van der Waals surface area contributed by atoms with Crippen molar-refractivity contribution < 1.29 is 9.53 Å². The molecule has 0 aliphatic heterocycles. The second kappa shape index (κ2) is 2.39. The van der Waals surface area contributed by atoms with Gasteiger partial charge in [-0.25, -0.2) is 0 Å². The Hall–Kier alpha value is -0.890. The maximum Gasteiger partial charge on any atom is 0.159 e. The maximum atomic E-state index is 10.8. The van der Waals surface area contributed by atoms with E-state index in [4.69, 9.17) is 4.74 Å². The van der Waals surface area contributed by atoms with E-state index < -0.39 is 5.60 Å². The fourth-order valence-corrected chi connectivity index (χ4v) is 0.988. The average molecular weight is 138 g/mol. The topological polar surface area (TPSA) is 26.3 Å². The largest absolute Gasteiger partial charge is 0.370 e. The van der Waals surface area contributed by atoms with E-state index in [0.29, 0.717) is 6.42 Å². The van der Waals surface area contributed by atoms with Crippen LogP contribution >= 0.6 is 0 Å². The zero-order valence-corrected chi connectivity index (χ0v) is 5.96. The Balaban J connectivity index is 2.80. The molecule has 0 amide bonds. The Kier molecular flexibility index (Phi) is 1.72. The Morgan fingerprint density at radius 3 is 2.80 bits per heavy atom. The second-order valence-electron chi connectivity index (χ2n) is 2.34. The van der Waals surface area contributed by atoms with E-state index >= 15 is 0 Å². The van der Waals surface area contributed by atoms with E-state index in [0.717, 1.165) is 0 Å². The average Bonchev–Trinajstić information content (AvgIpc) is 2.33. The Morgan fingerprint density at radius 2 is 2.60 bits per heavy atom. The molecular formula is C8H10O2. The van der Waals surface area contributed by atoms with Gasteiger partial charge in [0.25, 0.3) is 0 Å². The summed E-state index contributed by atoms with van der Waals surface area (Å²) < 4.78 is 5.09. The molecule has 1 unspecified atom stereocenters. The van der Waals surface area contributed by atoms with Gasteiger partial charge in [0.2, 0.25) is 0 Å². The molecule has 0 saturated heterocycles. The molecule has 1 aliphatic carbocycles. The van der Waals surface area contributed by atoms with E-state index in [-0.39, 0.29) is 5.78 Å². The molecule has 2 heteroatoms. The van der Waals surface area contributed by atoms with Gasteiger partial charge >= 0.3 is 0 Å². The molecule has 0 N–H and O–H groups in total. The highest BCUT2D eigenvalue weighted by molar-refractivity contribution is 5.94.